The van der Waals surface area contributed by atoms with Crippen LogP contribution in [-0.4, -0.2) is 18.7 Å². The summed E-state index contributed by atoms with van der Waals surface area (Å²) in [6, 6.07) is 0. The first kappa shape index (κ1) is 8.75. The Bertz CT molecular complexity index is 237. The summed E-state index contributed by atoms with van der Waals surface area (Å²) < 4.78 is 5.48. The summed E-state index contributed by atoms with van der Waals surface area (Å²) in [5.41, 5.74) is 0. The highest BCUT2D eigenvalue weighted by molar-refractivity contribution is 5.82. The molecule has 0 saturated carbocycles. The van der Waals surface area contributed by atoms with Gasteiger partial charge in [-0.1, -0.05) is 12.2 Å². The largest absolute Gasteiger partial charge is 0.358 e. The number of hydrogen-bond donors (Lipinski definition) is 1. The lowest BCUT2D eigenvalue weighted by atomic mass is 9.85. The summed E-state index contributed by atoms with van der Waals surface area (Å²) in [5, 5.41) is 2.90. The van der Waals surface area contributed by atoms with E-state index in [2.05, 4.69) is 17.5 Å². The zero-order chi connectivity index (χ0) is 9.26. The predicted octanol–water partition coefficient (Wildman–Crippen LogP) is 1.06. The molecule has 1 N–H and O–H groups in total. The van der Waals surface area contributed by atoms with Crippen molar-refractivity contribution in [3.8, 4) is 0 Å². The summed E-state index contributed by atoms with van der Waals surface area (Å²) in [6.07, 6.45) is 6.03. The average molecular weight is 181 g/mol. The van der Waals surface area contributed by atoms with Crippen molar-refractivity contribution in [1.29, 1.82) is 0 Å². The van der Waals surface area contributed by atoms with Crippen LogP contribution in [0, 0.1) is 11.8 Å². The van der Waals surface area contributed by atoms with Crippen LogP contribution in [0.5, 0.6) is 0 Å². The van der Waals surface area contributed by atoms with Gasteiger partial charge >= 0.3 is 0 Å². The van der Waals surface area contributed by atoms with Crippen molar-refractivity contribution in [3.63, 3.8) is 0 Å². The molecule has 72 valence electrons. The molecule has 1 aliphatic carbocycles. The van der Waals surface area contributed by atoms with Gasteiger partial charge in [0.1, 0.15) is 6.23 Å². The van der Waals surface area contributed by atoms with Crippen molar-refractivity contribution in [2.24, 2.45) is 11.8 Å². The molecule has 2 rings (SSSR count). The van der Waals surface area contributed by atoms with E-state index in [1.807, 2.05) is 6.92 Å². The Balaban J connectivity index is 2.09. The van der Waals surface area contributed by atoms with Crippen LogP contribution in [0.3, 0.4) is 0 Å². The molecule has 0 aromatic heterocycles. The summed E-state index contributed by atoms with van der Waals surface area (Å²) in [4.78, 5) is 11.5. The van der Waals surface area contributed by atoms with Crippen LogP contribution in [0.15, 0.2) is 12.2 Å². The van der Waals surface area contributed by atoms with Crippen LogP contribution < -0.4 is 5.32 Å². The molecule has 13 heavy (non-hydrogen) atoms. The standard InChI is InChI=1S/C10H15NO2/c1-2-13-10-8-6-4-3-5-7(8)9(12)11-10/h3-4,7-8,10H,2,5-6H2,1H3,(H,11,12)/t7-,8+,10-/m0/s1. The topological polar surface area (TPSA) is 38.3 Å². The molecule has 1 saturated heterocycles. The third-order valence-electron chi connectivity index (χ3n) is 2.84. The van der Waals surface area contributed by atoms with Crippen LogP contribution in [0.25, 0.3) is 0 Å². The van der Waals surface area contributed by atoms with Crippen LogP contribution >= 0.6 is 0 Å². The third kappa shape index (κ3) is 1.48. The molecular formula is C10H15NO2. The summed E-state index contributed by atoms with van der Waals surface area (Å²) in [6.45, 7) is 2.62. The Labute approximate surface area is 78.1 Å². The number of amides is 1. The van der Waals surface area contributed by atoms with Gasteiger partial charge in [0, 0.05) is 18.4 Å². The number of rotatable bonds is 2. The molecule has 1 amide bonds. The molecule has 3 atom stereocenters. The molecule has 0 unspecified atom stereocenters. The second-order valence-electron chi connectivity index (χ2n) is 3.60. The first-order valence-corrected chi connectivity index (χ1v) is 4.90. The smallest absolute Gasteiger partial charge is 0.225 e. The lowest BCUT2D eigenvalue weighted by Crippen LogP contribution is -2.31. The predicted molar refractivity (Wildman–Crippen MR) is 48.9 cm³/mol. The van der Waals surface area contributed by atoms with Crippen LogP contribution in [-0.2, 0) is 9.53 Å². The Hall–Kier alpha value is -0.830. The fourth-order valence-corrected chi connectivity index (χ4v) is 2.17. The zero-order valence-corrected chi connectivity index (χ0v) is 7.82. The molecule has 0 spiro atoms. The Morgan fingerprint density at radius 2 is 2.31 bits per heavy atom. The number of carbonyl (C=O) groups excluding carboxylic acids is 1. The second kappa shape index (κ2) is 3.50. The van der Waals surface area contributed by atoms with Gasteiger partial charge in [0.15, 0.2) is 0 Å². The quantitative estimate of drug-likeness (QED) is 0.647. The van der Waals surface area contributed by atoms with E-state index in [1.165, 1.54) is 0 Å². The number of fused-ring (bicyclic) bond motifs is 1. The van der Waals surface area contributed by atoms with Gasteiger partial charge in [-0.2, -0.15) is 0 Å². The van der Waals surface area contributed by atoms with Crippen LogP contribution in [0.2, 0.25) is 0 Å². The highest BCUT2D eigenvalue weighted by atomic mass is 16.5. The SMILES string of the molecule is CCO[C@@H]1NC(=O)[C@H]2CC=CC[C@H]21. The molecule has 0 radical (unpaired) electrons. The van der Waals surface area contributed by atoms with E-state index in [-0.39, 0.29) is 18.1 Å². The fraction of sp³-hybridized carbons (Fsp3) is 0.700. The number of carbonyl (C=O) groups is 1. The number of ether oxygens (including phenoxy) is 1. The van der Waals surface area contributed by atoms with Gasteiger partial charge < -0.3 is 10.1 Å². The van der Waals surface area contributed by atoms with Gasteiger partial charge in [0.2, 0.25) is 5.91 Å². The van der Waals surface area contributed by atoms with E-state index >= 15 is 0 Å². The fourth-order valence-electron chi connectivity index (χ4n) is 2.17. The lowest BCUT2D eigenvalue weighted by molar-refractivity contribution is -0.123. The van der Waals surface area contributed by atoms with E-state index in [4.69, 9.17) is 4.74 Å². The van der Waals surface area contributed by atoms with Gasteiger partial charge in [-0.15, -0.1) is 0 Å². The van der Waals surface area contributed by atoms with E-state index in [1.54, 1.807) is 0 Å². The number of nitrogens with one attached hydrogen (secondary N) is 1. The number of hydrogen-bond acceptors (Lipinski definition) is 2. The van der Waals surface area contributed by atoms with E-state index in [0.717, 1.165) is 12.8 Å². The van der Waals surface area contributed by atoms with Gasteiger partial charge in [-0.3, -0.25) is 4.79 Å². The molecule has 0 bridgehead atoms. The number of allylic oxidation sites excluding steroid dienone is 2. The molecule has 3 heteroatoms. The van der Waals surface area contributed by atoms with Crippen molar-refractivity contribution in [1.82, 2.24) is 5.32 Å². The van der Waals surface area contributed by atoms with Crippen molar-refractivity contribution in [2.45, 2.75) is 26.0 Å². The van der Waals surface area contributed by atoms with Crippen molar-refractivity contribution in [3.05, 3.63) is 12.2 Å². The minimum absolute atomic E-state index is 0.0487. The Kier molecular flexibility index (Phi) is 2.36. The van der Waals surface area contributed by atoms with Crippen molar-refractivity contribution >= 4 is 5.91 Å². The Morgan fingerprint density at radius 1 is 1.54 bits per heavy atom. The minimum atomic E-state index is -0.0487. The lowest BCUT2D eigenvalue weighted by Gasteiger charge is -2.22. The first-order chi connectivity index (χ1) is 6.33. The summed E-state index contributed by atoms with van der Waals surface area (Å²) >= 11 is 0. The van der Waals surface area contributed by atoms with E-state index in [9.17, 15) is 4.79 Å². The van der Waals surface area contributed by atoms with Crippen LogP contribution in [0.4, 0.5) is 0 Å². The molecule has 0 aromatic rings. The molecule has 1 aliphatic heterocycles. The van der Waals surface area contributed by atoms with E-state index < -0.39 is 0 Å². The normalized spacial score (nSPS) is 37.3. The average Bonchev–Trinajstić information content (AvgIpc) is 2.46. The highest BCUT2D eigenvalue weighted by Crippen LogP contribution is 2.33. The molecule has 1 heterocycles. The first-order valence-electron chi connectivity index (χ1n) is 4.90. The maximum atomic E-state index is 11.5. The summed E-state index contributed by atoms with van der Waals surface area (Å²) in [7, 11) is 0. The molecular weight excluding hydrogens is 166 g/mol. The maximum absolute atomic E-state index is 11.5. The van der Waals surface area contributed by atoms with E-state index in [0.29, 0.717) is 12.5 Å². The Morgan fingerprint density at radius 3 is 3.08 bits per heavy atom. The highest BCUT2D eigenvalue weighted by Gasteiger charge is 2.42. The monoisotopic (exact) mass is 181 g/mol. The molecule has 2 aliphatic rings. The minimum Gasteiger partial charge on any atom is -0.358 e. The van der Waals surface area contributed by atoms with Gasteiger partial charge in [-0.05, 0) is 19.8 Å². The molecule has 0 aromatic carbocycles. The van der Waals surface area contributed by atoms with Crippen LogP contribution in [0.1, 0.15) is 19.8 Å². The van der Waals surface area contributed by atoms with Crippen molar-refractivity contribution in [2.75, 3.05) is 6.61 Å². The van der Waals surface area contributed by atoms with Gasteiger partial charge in [0.05, 0.1) is 0 Å². The summed E-state index contributed by atoms with van der Waals surface area (Å²) in [5.74, 6) is 0.673. The maximum Gasteiger partial charge on any atom is 0.225 e. The van der Waals surface area contributed by atoms with Gasteiger partial charge in [-0.25, -0.2) is 0 Å². The molecule has 3 nitrogen and oxygen atoms in total. The third-order valence-corrected chi connectivity index (χ3v) is 2.84. The zero-order valence-electron chi connectivity index (χ0n) is 7.82. The van der Waals surface area contributed by atoms with Gasteiger partial charge in [0.25, 0.3) is 0 Å². The van der Waals surface area contributed by atoms with Crippen molar-refractivity contribution < 1.29 is 9.53 Å². The second-order valence-corrected chi connectivity index (χ2v) is 3.60. The molecule has 1 fully saturated rings.